The fourth-order valence-corrected chi connectivity index (χ4v) is 3.99. The maximum absolute atomic E-state index is 5.73. The van der Waals surface area contributed by atoms with Gasteiger partial charge in [0.25, 0.3) is 0 Å². The van der Waals surface area contributed by atoms with E-state index in [1.54, 1.807) is 5.56 Å². The first kappa shape index (κ1) is 11.6. The fraction of sp³-hybridized carbons (Fsp3) is 0.625. The molecule has 2 aliphatic rings. The van der Waals surface area contributed by atoms with Gasteiger partial charge in [-0.25, -0.2) is 0 Å². The highest BCUT2D eigenvalue weighted by Crippen LogP contribution is 2.52. The Morgan fingerprint density at radius 3 is 2.47 bits per heavy atom. The number of halogens is 1. The van der Waals surface area contributed by atoms with Crippen molar-refractivity contribution in [3.8, 4) is 0 Å². The van der Waals surface area contributed by atoms with E-state index in [1.807, 2.05) is 0 Å². The van der Waals surface area contributed by atoms with Gasteiger partial charge in [-0.3, -0.25) is 0 Å². The molecule has 0 heterocycles. The predicted octanol–water partition coefficient (Wildman–Crippen LogP) is 4.76. The van der Waals surface area contributed by atoms with Crippen LogP contribution in [0.25, 0.3) is 0 Å². The molecule has 2 fully saturated rings. The summed E-state index contributed by atoms with van der Waals surface area (Å²) in [4.78, 5) is 0. The molecule has 2 bridgehead atoms. The summed E-state index contributed by atoms with van der Waals surface area (Å²) in [5, 5.41) is 0. The number of benzene rings is 1. The molecule has 3 unspecified atom stereocenters. The summed E-state index contributed by atoms with van der Waals surface area (Å²) < 4.78 is 0. The van der Waals surface area contributed by atoms with Crippen molar-refractivity contribution in [2.75, 3.05) is 5.88 Å². The highest BCUT2D eigenvalue weighted by Gasteiger charge is 2.39. The zero-order valence-corrected chi connectivity index (χ0v) is 11.1. The Morgan fingerprint density at radius 2 is 1.88 bits per heavy atom. The maximum atomic E-state index is 5.73. The van der Waals surface area contributed by atoms with Crippen molar-refractivity contribution >= 4 is 11.6 Å². The van der Waals surface area contributed by atoms with Crippen LogP contribution in [0.3, 0.4) is 0 Å². The van der Waals surface area contributed by atoms with Crippen LogP contribution < -0.4 is 0 Å². The molecule has 0 spiro atoms. The summed E-state index contributed by atoms with van der Waals surface area (Å²) in [7, 11) is 0. The summed E-state index contributed by atoms with van der Waals surface area (Å²) in [5.74, 6) is 3.68. The largest absolute Gasteiger partial charge is 0.127 e. The molecular weight excluding hydrogens is 228 g/mol. The van der Waals surface area contributed by atoms with Crippen LogP contribution in [0.15, 0.2) is 24.3 Å². The molecule has 0 aromatic heterocycles. The van der Waals surface area contributed by atoms with Crippen molar-refractivity contribution in [3.05, 3.63) is 35.4 Å². The normalized spacial score (nSPS) is 31.0. The van der Waals surface area contributed by atoms with E-state index in [0.29, 0.717) is 0 Å². The quantitative estimate of drug-likeness (QED) is 0.674. The van der Waals surface area contributed by atoms with Crippen LogP contribution in [0.1, 0.15) is 49.1 Å². The summed E-state index contributed by atoms with van der Waals surface area (Å²) in [5.41, 5.74) is 3.03. The number of hydrogen-bond acceptors (Lipinski definition) is 0. The highest BCUT2D eigenvalue weighted by atomic mass is 35.5. The van der Waals surface area contributed by atoms with Crippen LogP contribution in [0.4, 0.5) is 0 Å². The van der Waals surface area contributed by atoms with Gasteiger partial charge in [-0.05, 0) is 61.0 Å². The Balaban J connectivity index is 1.68. The van der Waals surface area contributed by atoms with Gasteiger partial charge in [0.05, 0.1) is 0 Å². The molecule has 17 heavy (non-hydrogen) atoms. The van der Waals surface area contributed by atoms with Gasteiger partial charge in [0.15, 0.2) is 0 Å². The fourth-order valence-electron chi connectivity index (χ4n) is 3.86. The average Bonchev–Trinajstić information content (AvgIpc) is 2.99. The maximum Gasteiger partial charge on any atom is 0.0226 e. The second kappa shape index (κ2) is 5.02. The Labute approximate surface area is 109 Å². The second-order valence-corrected chi connectivity index (χ2v) is 6.19. The first-order chi connectivity index (χ1) is 8.36. The first-order valence-corrected chi connectivity index (χ1v) is 7.55. The van der Waals surface area contributed by atoms with Gasteiger partial charge in [0, 0.05) is 5.88 Å². The molecule has 0 nitrogen and oxygen atoms in total. The molecule has 2 aliphatic carbocycles. The van der Waals surface area contributed by atoms with E-state index in [9.17, 15) is 0 Å². The van der Waals surface area contributed by atoms with Crippen LogP contribution in [0.2, 0.25) is 0 Å². The van der Waals surface area contributed by atoms with Crippen molar-refractivity contribution in [2.24, 2.45) is 11.8 Å². The van der Waals surface area contributed by atoms with E-state index in [-0.39, 0.29) is 0 Å². The lowest BCUT2D eigenvalue weighted by atomic mass is 9.83. The molecule has 3 atom stereocenters. The third-order valence-corrected chi connectivity index (χ3v) is 5.01. The molecule has 3 rings (SSSR count). The molecule has 1 aromatic carbocycles. The Morgan fingerprint density at radius 1 is 1.06 bits per heavy atom. The lowest BCUT2D eigenvalue weighted by Gasteiger charge is -2.22. The molecule has 0 amide bonds. The Kier molecular flexibility index (Phi) is 3.42. The number of fused-ring (bicyclic) bond motifs is 2. The molecular formula is C16H21Cl. The zero-order chi connectivity index (χ0) is 11.7. The summed E-state index contributed by atoms with van der Waals surface area (Å²) in [6.45, 7) is 0. The minimum Gasteiger partial charge on any atom is -0.127 e. The predicted molar refractivity (Wildman–Crippen MR) is 73.7 cm³/mol. The van der Waals surface area contributed by atoms with Crippen LogP contribution >= 0.6 is 11.6 Å². The second-order valence-electron chi connectivity index (χ2n) is 5.82. The van der Waals surface area contributed by atoms with E-state index >= 15 is 0 Å². The third kappa shape index (κ3) is 2.38. The zero-order valence-electron chi connectivity index (χ0n) is 10.4. The number of aryl methyl sites for hydroxylation is 1. The van der Waals surface area contributed by atoms with Gasteiger partial charge in [0.2, 0.25) is 0 Å². The minimum absolute atomic E-state index is 0.772. The standard InChI is InChI=1S/C16H21Cl/c17-9-1-2-12-3-6-14(7-4-12)16-11-13-5-8-15(16)10-13/h3-4,6-7,13,15-16H,1-2,5,8-11H2. The molecule has 0 aliphatic heterocycles. The number of rotatable bonds is 4. The molecule has 0 N–H and O–H groups in total. The SMILES string of the molecule is ClCCCc1ccc(C2CC3CCC2C3)cc1. The van der Waals surface area contributed by atoms with Crippen molar-refractivity contribution in [2.45, 2.75) is 44.4 Å². The molecule has 92 valence electrons. The van der Waals surface area contributed by atoms with E-state index in [1.165, 1.54) is 31.2 Å². The van der Waals surface area contributed by atoms with Gasteiger partial charge in [-0.1, -0.05) is 30.7 Å². The van der Waals surface area contributed by atoms with Crippen LogP contribution in [0.5, 0.6) is 0 Å². The molecule has 1 heteroatoms. The highest BCUT2D eigenvalue weighted by molar-refractivity contribution is 6.17. The smallest absolute Gasteiger partial charge is 0.0226 e. The van der Waals surface area contributed by atoms with Crippen molar-refractivity contribution in [1.29, 1.82) is 0 Å². The van der Waals surface area contributed by atoms with E-state index in [2.05, 4.69) is 24.3 Å². The minimum atomic E-state index is 0.772. The van der Waals surface area contributed by atoms with Crippen molar-refractivity contribution in [3.63, 3.8) is 0 Å². The molecule has 0 radical (unpaired) electrons. The van der Waals surface area contributed by atoms with Gasteiger partial charge in [0.1, 0.15) is 0 Å². The lowest BCUT2D eigenvalue weighted by molar-refractivity contribution is 0.420. The monoisotopic (exact) mass is 248 g/mol. The van der Waals surface area contributed by atoms with Crippen LogP contribution in [0, 0.1) is 11.8 Å². The van der Waals surface area contributed by atoms with E-state index < -0.39 is 0 Å². The van der Waals surface area contributed by atoms with Gasteiger partial charge < -0.3 is 0 Å². The molecule has 1 aromatic rings. The van der Waals surface area contributed by atoms with Gasteiger partial charge in [-0.15, -0.1) is 11.6 Å². The summed E-state index contributed by atoms with van der Waals surface area (Å²) >= 11 is 5.73. The molecule has 2 saturated carbocycles. The average molecular weight is 249 g/mol. The molecule has 0 saturated heterocycles. The van der Waals surface area contributed by atoms with Crippen molar-refractivity contribution < 1.29 is 0 Å². The van der Waals surface area contributed by atoms with Crippen LogP contribution in [-0.4, -0.2) is 5.88 Å². The number of alkyl halides is 1. The lowest BCUT2D eigenvalue weighted by Crippen LogP contribution is -2.08. The van der Waals surface area contributed by atoms with Crippen LogP contribution in [-0.2, 0) is 6.42 Å². The summed E-state index contributed by atoms with van der Waals surface area (Å²) in [6.07, 6.45) is 8.14. The van der Waals surface area contributed by atoms with Crippen molar-refractivity contribution in [1.82, 2.24) is 0 Å². The van der Waals surface area contributed by atoms with Gasteiger partial charge >= 0.3 is 0 Å². The summed E-state index contributed by atoms with van der Waals surface area (Å²) in [6, 6.07) is 9.37. The van der Waals surface area contributed by atoms with E-state index in [4.69, 9.17) is 11.6 Å². The Bertz CT molecular complexity index is 368. The Hall–Kier alpha value is -0.490. The third-order valence-electron chi connectivity index (χ3n) is 4.75. The first-order valence-electron chi connectivity index (χ1n) is 7.01. The van der Waals surface area contributed by atoms with Gasteiger partial charge in [-0.2, -0.15) is 0 Å². The number of hydrogen-bond donors (Lipinski definition) is 0. The van der Waals surface area contributed by atoms with E-state index in [0.717, 1.165) is 36.5 Å². The topological polar surface area (TPSA) is 0 Å².